The zero-order valence-electron chi connectivity index (χ0n) is 14.4. The summed E-state index contributed by atoms with van der Waals surface area (Å²) in [7, 11) is 0. The molecule has 28 heavy (non-hydrogen) atoms. The molecule has 1 aromatic carbocycles. The summed E-state index contributed by atoms with van der Waals surface area (Å²) in [4.78, 5) is 12.0. The van der Waals surface area contributed by atoms with Gasteiger partial charge >= 0.3 is 6.36 Å². The van der Waals surface area contributed by atoms with Gasteiger partial charge in [-0.05, 0) is 37.3 Å². The summed E-state index contributed by atoms with van der Waals surface area (Å²) in [5, 5.41) is 10.8. The SMILES string of the molecule is Cc1occc1-c1nnc(SCC(=O)Nc2ccc(OC(F)(F)F)cc2)n1N. The second kappa shape index (κ2) is 7.84. The number of furan rings is 1. The molecule has 2 heterocycles. The summed E-state index contributed by atoms with van der Waals surface area (Å²) in [6.45, 7) is 1.76. The zero-order chi connectivity index (χ0) is 20.3. The molecule has 0 fully saturated rings. The number of aromatic nitrogens is 3. The number of benzene rings is 1. The summed E-state index contributed by atoms with van der Waals surface area (Å²) in [5.41, 5.74) is 1.01. The maximum Gasteiger partial charge on any atom is 0.573 e. The Hall–Kier alpha value is -3.15. The van der Waals surface area contributed by atoms with Crippen molar-refractivity contribution in [1.29, 1.82) is 0 Å². The number of carbonyl (C=O) groups is 1. The lowest BCUT2D eigenvalue weighted by molar-refractivity contribution is -0.274. The molecule has 3 rings (SSSR count). The maximum atomic E-state index is 12.1. The highest BCUT2D eigenvalue weighted by atomic mass is 32.2. The first-order chi connectivity index (χ1) is 13.2. The number of thioether (sulfide) groups is 1. The van der Waals surface area contributed by atoms with Gasteiger partial charge in [-0.1, -0.05) is 11.8 Å². The van der Waals surface area contributed by atoms with Gasteiger partial charge in [-0.25, -0.2) is 4.68 Å². The van der Waals surface area contributed by atoms with E-state index in [2.05, 4.69) is 20.3 Å². The van der Waals surface area contributed by atoms with Gasteiger partial charge in [-0.15, -0.1) is 23.4 Å². The number of alkyl halides is 3. The first-order valence-electron chi connectivity index (χ1n) is 7.76. The Morgan fingerprint density at radius 2 is 2.00 bits per heavy atom. The largest absolute Gasteiger partial charge is 0.573 e. The Morgan fingerprint density at radius 3 is 2.61 bits per heavy atom. The van der Waals surface area contributed by atoms with Crippen LogP contribution in [-0.2, 0) is 4.79 Å². The Labute approximate surface area is 160 Å². The highest BCUT2D eigenvalue weighted by Gasteiger charge is 2.31. The molecular formula is C16H14F3N5O3S. The zero-order valence-corrected chi connectivity index (χ0v) is 15.2. The molecule has 0 bridgehead atoms. The molecule has 0 unspecified atom stereocenters. The van der Waals surface area contributed by atoms with Gasteiger partial charge in [0.2, 0.25) is 11.1 Å². The Bertz CT molecular complexity index is 969. The third-order valence-corrected chi connectivity index (χ3v) is 4.41. The van der Waals surface area contributed by atoms with Crippen molar-refractivity contribution in [3.63, 3.8) is 0 Å². The average molecular weight is 413 g/mol. The lowest BCUT2D eigenvalue weighted by Gasteiger charge is -2.10. The number of hydrogen-bond acceptors (Lipinski definition) is 7. The fourth-order valence-electron chi connectivity index (χ4n) is 2.24. The summed E-state index contributed by atoms with van der Waals surface area (Å²) < 4.78 is 46.6. The fourth-order valence-corrected chi connectivity index (χ4v) is 2.90. The van der Waals surface area contributed by atoms with Gasteiger partial charge in [0.15, 0.2) is 5.82 Å². The number of hydrogen-bond donors (Lipinski definition) is 2. The molecule has 0 saturated carbocycles. The number of nitrogens with one attached hydrogen (secondary N) is 1. The third kappa shape index (κ3) is 4.76. The van der Waals surface area contributed by atoms with Crippen molar-refractivity contribution in [2.24, 2.45) is 0 Å². The number of nitrogen functional groups attached to an aromatic ring is 1. The van der Waals surface area contributed by atoms with E-state index in [0.717, 1.165) is 23.9 Å². The van der Waals surface area contributed by atoms with Gasteiger partial charge in [0.1, 0.15) is 11.5 Å². The molecule has 0 atom stereocenters. The van der Waals surface area contributed by atoms with E-state index >= 15 is 0 Å². The number of anilines is 1. The molecule has 0 radical (unpaired) electrons. The van der Waals surface area contributed by atoms with Crippen LogP contribution in [0.4, 0.5) is 18.9 Å². The molecule has 0 saturated heterocycles. The standard InChI is InChI=1S/C16H14F3N5O3S/c1-9-12(6-7-26-9)14-22-23-15(24(14)20)28-8-13(25)21-10-2-4-11(5-3-10)27-16(17,18)19/h2-7H,8,20H2,1H3,(H,21,25). The summed E-state index contributed by atoms with van der Waals surface area (Å²) in [6.07, 6.45) is -3.27. The van der Waals surface area contributed by atoms with Gasteiger partial charge in [0, 0.05) is 5.69 Å². The molecule has 148 valence electrons. The summed E-state index contributed by atoms with van der Waals surface area (Å²) in [6, 6.07) is 6.51. The molecule has 8 nitrogen and oxygen atoms in total. The van der Waals surface area contributed by atoms with Crippen LogP contribution in [-0.4, -0.2) is 32.9 Å². The maximum absolute atomic E-state index is 12.1. The smallest absolute Gasteiger partial charge is 0.469 e. The summed E-state index contributed by atoms with van der Waals surface area (Å²) >= 11 is 1.06. The van der Waals surface area contributed by atoms with Crippen LogP contribution >= 0.6 is 11.8 Å². The fraction of sp³-hybridized carbons (Fsp3) is 0.188. The molecule has 0 spiro atoms. The number of aryl methyl sites for hydroxylation is 1. The number of nitrogens with zero attached hydrogens (tertiary/aromatic N) is 3. The number of amides is 1. The van der Waals surface area contributed by atoms with E-state index in [0.29, 0.717) is 28.0 Å². The Balaban J connectivity index is 1.56. The minimum atomic E-state index is -4.77. The van der Waals surface area contributed by atoms with Crippen molar-refractivity contribution in [1.82, 2.24) is 14.9 Å². The van der Waals surface area contributed by atoms with E-state index < -0.39 is 12.3 Å². The van der Waals surface area contributed by atoms with Crippen molar-refractivity contribution in [2.75, 3.05) is 16.9 Å². The van der Waals surface area contributed by atoms with E-state index in [-0.39, 0.29) is 11.5 Å². The monoisotopic (exact) mass is 413 g/mol. The third-order valence-electron chi connectivity index (χ3n) is 3.47. The number of halogens is 3. The first-order valence-corrected chi connectivity index (χ1v) is 8.75. The highest BCUT2D eigenvalue weighted by molar-refractivity contribution is 7.99. The van der Waals surface area contributed by atoms with E-state index in [1.54, 1.807) is 13.0 Å². The molecule has 12 heteroatoms. The van der Waals surface area contributed by atoms with E-state index in [9.17, 15) is 18.0 Å². The molecule has 1 amide bonds. The number of rotatable bonds is 6. The van der Waals surface area contributed by atoms with Crippen molar-refractivity contribution in [3.8, 4) is 17.1 Å². The van der Waals surface area contributed by atoms with Crippen molar-refractivity contribution in [2.45, 2.75) is 18.4 Å². The van der Waals surface area contributed by atoms with E-state index in [1.165, 1.54) is 23.1 Å². The lowest BCUT2D eigenvalue weighted by atomic mass is 10.2. The second-order valence-corrected chi connectivity index (χ2v) is 6.42. The Kier molecular flexibility index (Phi) is 5.49. The summed E-state index contributed by atoms with van der Waals surface area (Å²) in [5.74, 6) is 6.20. The molecule has 0 aliphatic rings. The van der Waals surface area contributed by atoms with Crippen LogP contribution in [0, 0.1) is 6.92 Å². The number of nitrogens with two attached hydrogens (primary N) is 1. The van der Waals surface area contributed by atoms with Gasteiger partial charge in [-0.3, -0.25) is 4.79 Å². The van der Waals surface area contributed by atoms with Crippen molar-refractivity contribution < 1.29 is 27.1 Å². The average Bonchev–Trinajstić information content (AvgIpc) is 3.19. The topological polar surface area (TPSA) is 108 Å². The molecule has 0 aliphatic heterocycles. The Morgan fingerprint density at radius 1 is 1.29 bits per heavy atom. The van der Waals surface area contributed by atoms with Gasteiger partial charge in [-0.2, -0.15) is 0 Å². The van der Waals surface area contributed by atoms with Crippen LogP contribution < -0.4 is 15.9 Å². The second-order valence-electron chi connectivity index (χ2n) is 5.48. The van der Waals surface area contributed by atoms with Crippen molar-refractivity contribution >= 4 is 23.4 Å². The van der Waals surface area contributed by atoms with Crippen LogP contribution in [0.3, 0.4) is 0 Å². The molecular weight excluding hydrogens is 399 g/mol. The highest BCUT2D eigenvalue weighted by Crippen LogP contribution is 2.26. The van der Waals surface area contributed by atoms with Crippen LogP contribution in [0.5, 0.6) is 5.75 Å². The van der Waals surface area contributed by atoms with Crippen LogP contribution in [0.1, 0.15) is 5.76 Å². The molecule has 0 aliphatic carbocycles. The molecule has 3 aromatic rings. The van der Waals surface area contributed by atoms with Crippen LogP contribution in [0.15, 0.2) is 46.2 Å². The van der Waals surface area contributed by atoms with Crippen LogP contribution in [0.25, 0.3) is 11.4 Å². The number of ether oxygens (including phenoxy) is 1. The lowest BCUT2D eigenvalue weighted by Crippen LogP contribution is -2.17. The van der Waals surface area contributed by atoms with Gasteiger partial charge in [0.05, 0.1) is 17.6 Å². The minimum Gasteiger partial charge on any atom is -0.469 e. The predicted molar refractivity (Wildman–Crippen MR) is 95.1 cm³/mol. The predicted octanol–water partition coefficient (Wildman–Crippen LogP) is 3.19. The van der Waals surface area contributed by atoms with E-state index in [4.69, 9.17) is 10.3 Å². The minimum absolute atomic E-state index is 0.0273. The normalized spacial score (nSPS) is 11.4. The molecule has 3 N–H and O–H groups in total. The van der Waals surface area contributed by atoms with Crippen LogP contribution in [0.2, 0.25) is 0 Å². The van der Waals surface area contributed by atoms with Gasteiger partial charge < -0.3 is 20.3 Å². The van der Waals surface area contributed by atoms with Gasteiger partial charge in [0.25, 0.3) is 0 Å². The quantitative estimate of drug-likeness (QED) is 0.472. The van der Waals surface area contributed by atoms with E-state index in [1.807, 2.05) is 0 Å². The van der Waals surface area contributed by atoms with Crippen molar-refractivity contribution in [3.05, 3.63) is 42.4 Å². The number of carbonyl (C=O) groups excluding carboxylic acids is 1. The first kappa shape index (κ1) is 19.6. The molecule has 2 aromatic heterocycles.